The molecule has 1 aliphatic carbocycles. The third kappa shape index (κ3) is 3.30. The molecular formula is C21H23N3O3S. The highest BCUT2D eigenvalue weighted by Crippen LogP contribution is 2.41. The van der Waals surface area contributed by atoms with Gasteiger partial charge in [-0.2, -0.15) is 0 Å². The van der Waals surface area contributed by atoms with Crippen molar-refractivity contribution < 1.29 is 9.53 Å². The van der Waals surface area contributed by atoms with Gasteiger partial charge in [0.05, 0.1) is 29.7 Å². The fourth-order valence-electron chi connectivity index (χ4n) is 3.52. The summed E-state index contributed by atoms with van der Waals surface area (Å²) in [7, 11) is 1.64. The molecule has 3 aromatic rings. The van der Waals surface area contributed by atoms with Gasteiger partial charge in [0, 0.05) is 6.54 Å². The van der Waals surface area contributed by atoms with Crippen molar-refractivity contribution in [2.24, 2.45) is 5.92 Å². The first kappa shape index (κ1) is 18.7. The summed E-state index contributed by atoms with van der Waals surface area (Å²) in [6.45, 7) is 4.29. The van der Waals surface area contributed by atoms with Crippen molar-refractivity contribution in [1.82, 2.24) is 14.9 Å². The number of benzene rings is 1. The minimum absolute atomic E-state index is 0.0386. The van der Waals surface area contributed by atoms with E-state index in [9.17, 15) is 9.59 Å². The molecule has 4 rings (SSSR count). The van der Waals surface area contributed by atoms with Gasteiger partial charge < -0.3 is 10.1 Å². The Kier molecular flexibility index (Phi) is 4.93. The van der Waals surface area contributed by atoms with Crippen molar-refractivity contribution in [2.75, 3.05) is 7.11 Å². The zero-order chi connectivity index (χ0) is 19.8. The lowest BCUT2D eigenvalue weighted by atomic mass is 10.0. The summed E-state index contributed by atoms with van der Waals surface area (Å²) in [4.78, 5) is 31.2. The molecule has 2 aromatic heterocycles. The Balaban J connectivity index is 1.65. The Morgan fingerprint density at radius 3 is 2.68 bits per heavy atom. The molecule has 1 aliphatic rings. The molecule has 1 N–H and O–H groups in total. The van der Waals surface area contributed by atoms with Crippen molar-refractivity contribution in [3.63, 3.8) is 0 Å². The predicted molar refractivity (Wildman–Crippen MR) is 110 cm³/mol. The average Bonchev–Trinajstić information content (AvgIpc) is 3.49. The molecule has 0 saturated heterocycles. The van der Waals surface area contributed by atoms with Crippen LogP contribution >= 0.6 is 11.3 Å². The summed E-state index contributed by atoms with van der Waals surface area (Å²) < 4.78 is 6.79. The van der Waals surface area contributed by atoms with Gasteiger partial charge in [0.25, 0.3) is 11.5 Å². The molecular weight excluding hydrogens is 374 g/mol. The SMILES string of the molecule is CCn1cnc2sc(C(=O)N[C@H](c3ccc(OC)cc3)C3CC3)c(C)c2c1=O. The van der Waals surface area contributed by atoms with Crippen molar-refractivity contribution in [3.8, 4) is 5.75 Å². The molecule has 1 aromatic carbocycles. The van der Waals surface area contributed by atoms with E-state index in [0.717, 1.165) is 24.2 Å². The fraction of sp³-hybridized carbons (Fsp3) is 0.381. The van der Waals surface area contributed by atoms with E-state index in [2.05, 4.69) is 10.3 Å². The largest absolute Gasteiger partial charge is 0.497 e. The maximum atomic E-state index is 13.1. The molecule has 6 nitrogen and oxygen atoms in total. The summed E-state index contributed by atoms with van der Waals surface area (Å²) in [6, 6.07) is 7.79. The minimum atomic E-state index is -0.143. The highest BCUT2D eigenvalue weighted by molar-refractivity contribution is 7.20. The van der Waals surface area contributed by atoms with E-state index in [4.69, 9.17) is 4.74 Å². The van der Waals surface area contributed by atoms with Crippen molar-refractivity contribution in [1.29, 1.82) is 0 Å². The van der Waals surface area contributed by atoms with E-state index in [0.29, 0.717) is 33.1 Å². The van der Waals surface area contributed by atoms with Gasteiger partial charge in [0.15, 0.2) is 0 Å². The number of nitrogens with one attached hydrogen (secondary N) is 1. The maximum absolute atomic E-state index is 13.1. The molecule has 1 amide bonds. The summed E-state index contributed by atoms with van der Waals surface area (Å²) in [5, 5.41) is 3.74. The first-order valence-corrected chi connectivity index (χ1v) is 10.3. The second-order valence-electron chi connectivity index (χ2n) is 7.13. The Bertz CT molecular complexity index is 1080. The zero-order valence-electron chi connectivity index (χ0n) is 16.2. The van der Waals surface area contributed by atoms with Gasteiger partial charge >= 0.3 is 0 Å². The molecule has 0 spiro atoms. The standard InChI is InChI=1S/C21H23N3O3S/c1-4-24-11-22-20-16(21(24)26)12(2)18(28-20)19(25)23-17(13-5-6-13)14-7-9-15(27-3)10-8-14/h7-11,13,17H,4-6H2,1-3H3,(H,23,25)/t17-/m0/s1. The van der Waals surface area contributed by atoms with Crippen molar-refractivity contribution in [2.45, 2.75) is 39.3 Å². The second kappa shape index (κ2) is 7.39. The minimum Gasteiger partial charge on any atom is -0.497 e. The Labute approximate surface area is 167 Å². The number of thiophene rings is 1. The molecule has 1 fully saturated rings. The van der Waals surface area contributed by atoms with Crippen LogP contribution in [-0.2, 0) is 6.54 Å². The number of rotatable bonds is 6. The third-order valence-electron chi connectivity index (χ3n) is 5.32. The van der Waals surface area contributed by atoms with Crippen LogP contribution in [0.25, 0.3) is 10.2 Å². The van der Waals surface area contributed by atoms with Crippen LogP contribution in [0.1, 0.15) is 46.6 Å². The highest BCUT2D eigenvalue weighted by Gasteiger charge is 2.34. The maximum Gasteiger partial charge on any atom is 0.262 e. The second-order valence-corrected chi connectivity index (χ2v) is 8.13. The molecule has 2 heterocycles. The monoisotopic (exact) mass is 397 g/mol. The molecule has 7 heteroatoms. The van der Waals surface area contributed by atoms with Crippen LogP contribution in [0.5, 0.6) is 5.75 Å². The number of aryl methyl sites for hydroxylation is 2. The van der Waals surface area contributed by atoms with Crippen LogP contribution in [-0.4, -0.2) is 22.6 Å². The molecule has 28 heavy (non-hydrogen) atoms. The third-order valence-corrected chi connectivity index (χ3v) is 6.52. The van der Waals surface area contributed by atoms with E-state index >= 15 is 0 Å². The van der Waals surface area contributed by atoms with Crippen LogP contribution < -0.4 is 15.6 Å². The van der Waals surface area contributed by atoms with Crippen molar-refractivity contribution >= 4 is 27.5 Å². The summed E-state index contributed by atoms with van der Waals surface area (Å²) >= 11 is 1.28. The average molecular weight is 398 g/mol. The van der Waals surface area contributed by atoms with Crippen LogP contribution in [0.15, 0.2) is 35.4 Å². The van der Waals surface area contributed by atoms with Crippen LogP contribution in [0.4, 0.5) is 0 Å². The number of aromatic nitrogens is 2. The van der Waals surface area contributed by atoms with Gasteiger partial charge in [-0.1, -0.05) is 12.1 Å². The first-order valence-electron chi connectivity index (χ1n) is 9.46. The number of nitrogens with zero attached hydrogens (tertiary/aromatic N) is 2. The number of carbonyl (C=O) groups is 1. The Morgan fingerprint density at radius 1 is 1.36 bits per heavy atom. The Hall–Kier alpha value is -2.67. The van der Waals surface area contributed by atoms with Crippen LogP contribution in [0, 0.1) is 12.8 Å². The van der Waals surface area contributed by atoms with Crippen molar-refractivity contribution in [3.05, 3.63) is 57.0 Å². The normalized spacial score (nSPS) is 14.8. The number of fused-ring (bicyclic) bond motifs is 1. The molecule has 0 radical (unpaired) electrons. The van der Waals surface area contributed by atoms with Gasteiger partial charge in [0.1, 0.15) is 10.6 Å². The zero-order valence-corrected chi connectivity index (χ0v) is 17.0. The molecule has 0 unspecified atom stereocenters. The number of carbonyl (C=O) groups excluding carboxylic acids is 1. The van der Waals surface area contributed by atoms with Gasteiger partial charge in [-0.3, -0.25) is 14.2 Å². The summed E-state index contributed by atoms with van der Waals surface area (Å²) in [5.74, 6) is 1.10. The number of ether oxygens (including phenoxy) is 1. The molecule has 0 aliphatic heterocycles. The summed E-state index contributed by atoms with van der Waals surface area (Å²) in [5.41, 5.74) is 1.69. The molecule has 146 valence electrons. The van der Waals surface area contributed by atoms with Crippen LogP contribution in [0.3, 0.4) is 0 Å². The van der Waals surface area contributed by atoms with Gasteiger partial charge in [-0.15, -0.1) is 11.3 Å². The fourth-order valence-corrected chi connectivity index (χ4v) is 4.56. The van der Waals surface area contributed by atoms with E-state index < -0.39 is 0 Å². The molecule has 0 bridgehead atoms. The lowest BCUT2D eigenvalue weighted by molar-refractivity contribution is 0.0935. The topological polar surface area (TPSA) is 73.2 Å². The number of methoxy groups -OCH3 is 1. The molecule has 1 saturated carbocycles. The first-order chi connectivity index (χ1) is 13.5. The van der Waals surface area contributed by atoms with Gasteiger partial charge in [0.2, 0.25) is 0 Å². The lowest BCUT2D eigenvalue weighted by Crippen LogP contribution is -2.29. The molecule has 1 atom stereocenters. The number of amides is 1. The van der Waals surface area contributed by atoms with Gasteiger partial charge in [-0.05, 0) is 55.9 Å². The van der Waals surface area contributed by atoms with Crippen LogP contribution in [0.2, 0.25) is 0 Å². The predicted octanol–water partition coefficient (Wildman–Crippen LogP) is 3.68. The summed E-state index contributed by atoms with van der Waals surface area (Å²) in [6.07, 6.45) is 3.75. The Morgan fingerprint density at radius 2 is 2.07 bits per heavy atom. The van der Waals surface area contributed by atoms with E-state index in [1.165, 1.54) is 11.3 Å². The van der Waals surface area contributed by atoms with E-state index in [1.807, 2.05) is 38.1 Å². The lowest BCUT2D eigenvalue weighted by Gasteiger charge is -2.19. The number of hydrogen-bond donors (Lipinski definition) is 1. The number of hydrogen-bond acceptors (Lipinski definition) is 5. The van der Waals surface area contributed by atoms with E-state index in [-0.39, 0.29) is 17.5 Å². The quantitative estimate of drug-likeness (QED) is 0.689. The highest BCUT2D eigenvalue weighted by atomic mass is 32.1. The van der Waals surface area contributed by atoms with E-state index in [1.54, 1.807) is 18.0 Å². The smallest absolute Gasteiger partial charge is 0.262 e. The van der Waals surface area contributed by atoms with Gasteiger partial charge in [-0.25, -0.2) is 4.98 Å².